The van der Waals surface area contributed by atoms with Gasteiger partial charge in [0, 0.05) is 13.1 Å². The van der Waals surface area contributed by atoms with Crippen LogP contribution in [-0.2, 0) is 19.4 Å². The lowest BCUT2D eigenvalue weighted by Crippen LogP contribution is -2.42. The van der Waals surface area contributed by atoms with E-state index in [1.165, 1.54) is 7.11 Å². The van der Waals surface area contributed by atoms with E-state index in [9.17, 15) is 13.2 Å². The van der Waals surface area contributed by atoms with Gasteiger partial charge in [-0.15, -0.1) is 0 Å². The quantitative estimate of drug-likeness (QED) is 0.702. The molecule has 2 aliphatic heterocycles. The minimum atomic E-state index is -2.94. The summed E-state index contributed by atoms with van der Waals surface area (Å²) in [5.41, 5.74) is 0. The number of nitrogens with zero attached hydrogens (tertiary/aromatic N) is 1. The summed E-state index contributed by atoms with van der Waals surface area (Å²) in [4.78, 5) is 13.9. The highest BCUT2D eigenvalue weighted by Gasteiger charge is 2.48. The number of carbonyl (C=O) groups excluding carboxylic acids is 1. The Balaban J connectivity index is 2.06. The van der Waals surface area contributed by atoms with E-state index in [-0.39, 0.29) is 23.2 Å². The first kappa shape index (κ1) is 14.8. The van der Waals surface area contributed by atoms with Gasteiger partial charge in [0.25, 0.3) is 0 Å². The number of methoxy groups -OCH3 is 1. The van der Waals surface area contributed by atoms with Crippen molar-refractivity contribution in [3.05, 3.63) is 0 Å². The molecule has 0 saturated carbocycles. The Morgan fingerprint density at radius 1 is 1.42 bits per heavy atom. The van der Waals surface area contributed by atoms with Crippen LogP contribution >= 0.6 is 0 Å². The highest BCUT2D eigenvalue weighted by molar-refractivity contribution is 7.92. The lowest BCUT2D eigenvalue weighted by Gasteiger charge is -2.26. The van der Waals surface area contributed by atoms with E-state index in [1.54, 1.807) is 0 Å². The van der Waals surface area contributed by atoms with E-state index < -0.39 is 9.84 Å². The average Bonchev–Trinajstić information content (AvgIpc) is 2.91. The summed E-state index contributed by atoms with van der Waals surface area (Å²) < 4.78 is 28.7. The van der Waals surface area contributed by atoms with Gasteiger partial charge >= 0.3 is 5.97 Å². The van der Waals surface area contributed by atoms with Crippen molar-refractivity contribution < 1.29 is 17.9 Å². The Morgan fingerprint density at radius 3 is 2.74 bits per heavy atom. The number of ether oxygens (including phenoxy) is 1. The molecule has 0 spiro atoms. The zero-order chi connectivity index (χ0) is 14.0. The van der Waals surface area contributed by atoms with E-state index >= 15 is 0 Å². The van der Waals surface area contributed by atoms with Crippen molar-refractivity contribution in [2.24, 2.45) is 5.92 Å². The second-order valence-electron chi connectivity index (χ2n) is 5.59. The molecule has 0 unspecified atom stereocenters. The monoisotopic (exact) mass is 289 g/mol. The van der Waals surface area contributed by atoms with E-state index in [4.69, 9.17) is 4.74 Å². The van der Waals surface area contributed by atoms with Crippen molar-refractivity contribution in [2.45, 2.75) is 43.9 Å². The SMILES string of the molecule is CCCC[C@H](C(=O)OC)N1C[C@@H]2CCS(=O)(=O)[C@@H]2C1. The first-order chi connectivity index (χ1) is 8.99. The Kier molecular flexibility index (Phi) is 4.50. The topological polar surface area (TPSA) is 63.7 Å². The zero-order valence-corrected chi connectivity index (χ0v) is 12.5. The number of carbonyl (C=O) groups is 1. The molecule has 3 atom stereocenters. The van der Waals surface area contributed by atoms with E-state index in [2.05, 4.69) is 6.92 Å². The predicted molar refractivity (Wildman–Crippen MR) is 72.6 cm³/mol. The molecule has 0 N–H and O–H groups in total. The summed E-state index contributed by atoms with van der Waals surface area (Å²) in [7, 11) is -1.54. The number of rotatable bonds is 5. The van der Waals surface area contributed by atoms with Crippen molar-refractivity contribution >= 4 is 15.8 Å². The van der Waals surface area contributed by atoms with E-state index in [0.29, 0.717) is 18.8 Å². The number of hydrogen-bond donors (Lipinski definition) is 0. The zero-order valence-electron chi connectivity index (χ0n) is 11.7. The van der Waals surface area contributed by atoms with Crippen molar-refractivity contribution in [1.82, 2.24) is 4.90 Å². The van der Waals surface area contributed by atoms with Crippen LogP contribution in [0.5, 0.6) is 0 Å². The highest BCUT2D eigenvalue weighted by Crippen LogP contribution is 2.35. The molecular formula is C13H23NO4S. The van der Waals surface area contributed by atoms with E-state index in [0.717, 1.165) is 25.7 Å². The van der Waals surface area contributed by atoms with Crippen LogP contribution in [0.4, 0.5) is 0 Å². The molecule has 0 bridgehead atoms. The molecule has 0 radical (unpaired) electrons. The standard InChI is InChI=1S/C13H23NO4S/c1-3-4-5-11(13(15)18-2)14-8-10-6-7-19(16,17)12(10)9-14/h10-12H,3-9H2,1-2H3/t10-,11+,12+/m0/s1. The highest BCUT2D eigenvalue weighted by atomic mass is 32.2. The van der Waals surface area contributed by atoms with Gasteiger partial charge in [-0.3, -0.25) is 9.69 Å². The normalized spacial score (nSPS) is 31.1. The molecule has 0 aromatic heterocycles. The largest absolute Gasteiger partial charge is 0.468 e. The Hall–Kier alpha value is -0.620. The minimum absolute atomic E-state index is 0.207. The molecule has 2 aliphatic rings. The lowest BCUT2D eigenvalue weighted by atomic mass is 10.1. The summed E-state index contributed by atoms with van der Waals surface area (Å²) >= 11 is 0. The summed E-state index contributed by atoms with van der Waals surface area (Å²) in [5.74, 6) is 0.290. The molecule has 19 heavy (non-hydrogen) atoms. The van der Waals surface area contributed by atoms with Gasteiger partial charge in [0.1, 0.15) is 6.04 Å². The van der Waals surface area contributed by atoms with Gasteiger partial charge in [0.2, 0.25) is 0 Å². The molecule has 0 aromatic carbocycles. The maximum Gasteiger partial charge on any atom is 0.323 e. The first-order valence-corrected chi connectivity index (χ1v) is 8.74. The molecule has 0 amide bonds. The van der Waals surface area contributed by atoms with Gasteiger partial charge in [-0.05, 0) is 18.8 Å². The molecule has 5 nitrogen and oxygen atoms in total. The van der Waals surface area contributed by atoms with Crippen molar-refractivity contribution in [3.8, 4) is 0 Å². The van der Waals surface area contributed by atoms with Crippen LogP contribution in [0.3, 0.4) is 0 Å². The summed E-state index contributed by atoms with van der Waals surface area (Å²) in [6, 6.07) is -0.272. The smallest absolute Gasteiger partial charge is 0.323 e. The van der Waals surface area contributed by atoms with Crippen molar-refractivity contribution in [2.75, 3.05) is 26.0 Å². The molecule has 2 fully saturated rings. The number of likely N-dealkylation sites (tertiary alicyclic amines) is 1. The molecule has 110 valence electrons. The van der Waals surface area contributed by atoms with Gasteiger partial charge in [-0.2, -0.15) is 0 Å². The van der Waals surface area contributed by atoms with E-state index in [1.807, 2.05) is 4.90 Å². The van der Waals surface area contributed by atoms with Gasteiger partial charge in [0.05, 0.1) is 18.1 Å². The number of esters is 1. The fourth-order valence-corrected chi connectivity index (χ4v) is 5.42. The summed E-state index contributed by atoms with van der Waals surface area (Å²) in [5, 5.41) is -0.263. The predicted octanol–water partition coefficient (Wildman–Crippen LogP) is 0.837. The number of unbranched alkanes of at least 4 members (excludes halogenated alkanes) is 1. The van der Waals surface area contributed by atoms with Crippen LogP contribution in [0.2, 0.25) is 0 Å². The fraction of sp³-hybridized carbons (Fsp3) is 0.923. The van der Waals surface area contributed by atoms with Gasteiger partial charge < -0.3 is 4.74 Å². The van der Waals surface area contributed by atoms with Gasteiger partial charge in [0.15, 0.2) is 9.84 Å². The number of hydrogen-bond acceptors (Lipinski definition) is 5. The Morgan fingerprint density at radius 2 is 2.16 bits per heavy atom. The Bertz CT molecular complexity index is 434. The fourth-order valence-electron chi connectivity index (χ4n) is 3.26. The summed E-state index contributed by atoms with van der Waals surface area (Å²) in [6.07, 6.45) is 3.47. The van der Waals surface area contributed by atoms with Crippen LogP contribution in [0.1, 0.15) is 32.6 Å². The molecule has 2 rings (SSSR count). The van der Waals surface area contributed by atoms with Crippen LogP contribution in [0, 0.1) is 5.92 Å². The van der Waals surface area contributed by atoms with Crippen LogP contribution < -0.4 is 0 Å². The molecule has 6 heteroatoms. The molecule has 0 aliphatic carbocycles. The second kappa shape index (κ2) is 5.79. The maximum absolute atomic E-state index is 11.9. The van der Waals surface area contributed by atoms with Gasteiger partial charge in [-0.25, -0.2) is 8.42 Å². The third-order valence-corrected chi connectivity index (χ3v) is 6.65. The third-order valence-electron chi connectivity index (χ3n) is 4.39. The van der Waals surface area contributed by atoms with Gasteiger partial charge in [-0.1, -0.05) is 19.8 Å². The number of sulfone groups is 1. The lowest BCUT2D eigenvalue weighted by molar-refractivity contribution is -0.147. The molecule has 0 aromatic rings. The van der Waals surface area contributed by atoms with Crippen LogP contribution in [-0.4, -0.2) is 56.5 Å². The van der Waals surface area contributed by atoms with Crippen LogP contribution in [0.15, 0.2) is 0 Å². The minimum Gasteiger partial charge on any atom is -0.468 e. The second-order valence-corrected chi connectivity index (χ2v) is 7.93. The van der Waals surface area contributed by atoms with Crippen LogP contribution in [0.25, 0.3) is 0 Å². The molecule has 2 saturated heterocycles. The average molecular weight is 289 g/mol. The Labute approximate surface area is 115 Å². The first-order valence-electron chi connectivity index (χ1n) is 7.03. The molecule has 2 heterocycles. The third kappa shape index (κ3) is 2.94. The van der Waals surface area contributed by atoms with Crippen molar-refractivity contribution in [1.29, 1.82) is 0 Å². The molecular weight excluding hydrogens is 266 g/mol. The summed E-state index contributed by atoms with van der Waals surface area (Å²) in [6.45, 7) is 3.29. The number of fused-ring (bicyclic) bond motifs is 1. The van der Waals surface area contributed by atoms with Crippen molar-refractivity contribution in [3.63, 3.8) is 0 Å². The maximum atomic E-state index is 11.9.